The Morgan fingerprint density at radius 2 is 1.70 bits per heavy atom. The fourth-order valence-corrected chi connectivity index (χ4v) is 2.36. The van der Waals surface area contributed by atoms with Crippen LogP contribution >= 0.6 is 23.2 Å². The normalized spacial score (nSPS) is 10.0. The van der Waals surface area contributed by atoms with E-state index < -0.39 is 11.8 Å². The van der Waals surface area contributed by atoms with Crippen LogP contribution in [-0.4, -0.2) is 18.4 Å². The predicted molar refractivity (Wildman–Crippen MR) is 88.7 cm³/mol. The second kappa shape index (κ2) is 7.85. The quantitative estimate of drug-likeness (QED) is 0.830. The molecule has 2 rings (SSSR count). The van der Waals surface area contributed by atoms with E-state index in [2.05, 4.69) is 10.9 Å². The molecule has 23 heavy (non-hydrogen) atoms. The topological polar surface area (TPSA) is 67.4 Å². The second-order valence-electron chi connectivity index (χ2n) is 4.70. The number of halogens is 2. The number of carbonyl (C=O) groups excluding carboxylic acids is 2. The molecule has 0 spiro atoms. The highest BCUT2D eigenvalue weighted by atomic mass is 35.5. The van der Waals surface area contributed by atoms with Gasteiger partial charge in [-0.2, -0.15) is 0 Å². The van der Waals surface area contributed by atoms with Gasteiger partial charge in [-0.15, -0.1) is 0 Å². The standard InChI is InChI=1S/C16H14Cl2N2O3/c1-10-4-2-5-11(8-10)23-9-14(21)19-20-16(22)15-12(17)6-3-7-13(15)18/h2-8H,9H2,1H3,(H,19,21)(H,20,22). The Morgan fingerprint density at radius 3 is 2.35 bits per heavy atom. The van der Waals surface area contributed by atoms with Gasteiger partial charge in [0.1, 0.15) is 5.75 Å². The van der Waals surface area contributed by atoms with Crippen LogP contribution in [0.25, 0.3) is 0 Å². The van der Waals surface area contributed by atoms with Crippen LogP contribution in [0.5, 0.6) is 5.75 Å². The molecule has 0 saturated carbocycles. The maximum atomic E-state index is 12.0. The van der Waals surface area contributed by atoms with E-state index in [1.54, 1.807) is 18.2 Å². The van der Waals surface area contributed by atoms with E-state index in [9.17, 15) is 9.59 Å². The number of benzene rings is 2. The van der Waals surface area contributed by atoms with Crippen LogP contribution in [0.2, 0.25) is 10.0 Å². The highest BCUT2D eigenvalue weighted by molar-refractivity contribution is 6.39. The number of hydrogen-bond donors (Lipinski definition) is 2. The Kier molecular flexibility index (Phi) is 5.84. The van der Waals surface area contributed by atoms with Gasteiger partial charge in [-0.25, -0.2) is 0 Å². The number of hydrogen-bond acceptors (Lipinski definition) is 3. The summed E-state index contributed by atoms with van der Waals surface area (Å²) in [5.41, 5.74) is 5.59. The van der Waals surface area contributed by atoms with E-state index in [0.717, 1.165) is 5.56 Å². The number of nitrogens with one attached hydrogen (secondary N) is 2. The Hall–Kier alpha value is -2.24. The first kappa shape index (κ1) is 17.1. The predicted octanol–water partition coefficient (Wildman–Crippen LogP) is 3.14. The lowest BCUT2D eigenvalue weighted by atomic mass is 10.2. The average Bonchev–Trinajstić information content (AvgIpc) is 2.51. The van der Waals surface area contributed by atoms with E-state index in [1.807, 2.05) is 19.1 Å². The van der Waals surface area contributed by atoms with Crippen molar-refractivity contribution in [1.82, 2.24) is 10.9 Å². The Labute approximate surface area is 143 Å². The lowest BCUT2D eigenvalue weighted by Crippen LogP contribution is -2.44. The number of carbonyl (C=O) groups is 2. The minimum absolute atomic E-state index is 0.0933. The largest absolute Gasteiger partial charge is 0.484 e. The van der Waals surface area contributed by atoms with Gasteiger partial charge in [-0.1, -0.05) is 41.4 Å². The van der Waals surface area contributed by atoms with Gasteiger partial charge in [0.15, 0.2) is 6.61 Å². The molecule has 120 valence electrons. The third-order valence-corrected chi connectivity index (χ3v) is 3.49. The van der Waals surface area contributed by atoms with E-state index in [1.165, 1.54) is 12.1 Å². The molecule has 0 aliphatic carbocycles. The van der Waals surface area contributed by atoms with Crippen LogP contribution in [0, 0.1) is 6.92 Å². The van der Waals surface area contributed by atoms with Gasteiger partial charge in [-0.3, -0.25) is 20.4 Å². The van der Waals surface area contributed by atoms with Crippen LogP contribution in [0.4, 0.5) is 0 Å². The number of aryl methyl sites for hydroxylation is 1. The highest BCUT2D eigenvalue weighted by Crippen LogP contribution is 2.23. The summed E-state index contributed by atoms with van der Waals surface area (Å²) in [7, 11) is 0. The molecule has 0 aliphatic rings. The molecule has 2 N–H and O–H groups in total. The molecule has 2 amide bonds. The molecule has 0 atom stereocenters. The zero-order valence-corrected chi connectivity index (χ0v) is 13.7. The lowest BCUT2D eigenvalue weighted by molar-refractivity contribution is -0.123. The summed E-state index contributed by atoms with van der Waals surface area (Å²) in [6, 6.07) is 12.0. The number of ether oxygens (including phenoxy) is 1. The monoisotopic (exact) mass is 352 g/mol. The summed E-state index contributed by atoms with van der Waals surface area (Å²) in [4.78, 5) is 23.7. The molecule has 0 unspecified atom stereocenters. The fraction of sp³-hybridized carbons (Fsp3) is 0.125. The molecule has 0 aromatic heterocycles. The van der Waals surface area contributed by atoms with Gasteiger partial charge in [-0.05, 0) is 36.8 Å². The molecule has 0 bridgehead atoms. The van der Waals surface area contributed by atoms with Gasteiger partial charge in [0, 0.05) is 0 Å². The van der Waals surface area contributed by atoms with Gasteiger partial charge in [0.05, 0.1) is 15.6 Å². The van der Waals surface area contributed by atoms with Crippen LogP contribution in [0.15, 0.2) is 42.5 Å². The van der Waals surface area contributed by atoms with Crippen molar-refractivity contribution in [3.8, 4) is 5.75 Å². The van der Waals surface area contributed by atoms with Gasteiger partial charge in [0.2, 0.25) is 0 Å². The molecule has 0 radical (unpaired) electrons. The fourth-order valence-electron chi connectivity index (χ4n) is 1.79. The minimum Gasteiger partial charge on any atom is -0.484 e. The van der Waals surface area contributed by atoms with E-state index in [-0.39, 0.29) is 22.2 Å². The van der Waals surface area contributed by atoms with E-state index in [4.69, 9.17) is 27.9 Å². The van der Waals surface area contributed by atoms with Crippen molar-refractivity contribution in [2.45, 2.75) is 6.92 Å². The van der Waals surface area contributed by atoms with Gasteiger partial charge < -0.3 is 4.74 Å². The van der Waals surface area contributed by atoms with Crippen LogP contribution in [-0.2, 0) is 4.79 Å². The zero-order chi connectivity index (χ0) is 16.8. The zero-order valence-electron chi connectivity index (χ0n) is 12.2. The summed E-state index contributed by atoms with van der Waals surface area (Å²) >= 11 is 11.8. The Morgan fingerprint density at radius 1 is 1.04 bits per heavy atom. The maximum Gasteiger partial charge on any atom is 0.276 e. The van der Waals surface area contributed by atoms with Crippen molar-refractivity contribution in [1.29, 1.82) is 0 Å². The molecule has 0 fully saturated rings. The molecule has 0 aliphatic heterocycles. The molecule has 2 aromatic carbocycles. The van der Waals surface area contributed by atoms with Gasteiger partial charge >= 0.3 is 0 Å². The summed E-state index contributed by atoms with van der Waals surface area (Å²) in [6.07, 6.45) is 0. The molecule has 5 nitrogen and oxygen atoms in total. The van der Waals surface area contributed by atoms with Crippen molar-refractivity contribution in [2.75, 3.05) is 6.61 Å². The first-order chi connectivity index (χ1) is 11.0. The van der Waals surface area contributed by atoms with E-state index >= 15 is 0 Å². The summed E-state index contributed by atoms with van der Waals surface area (Å²) in [5.74, 6) is -0.548. The molecular weight excluding hydrogens is 339 g/mol. The molecule has 7 heteroatoms. The van der Waals surface area contributed by atoms with Crippen molar-refractivity contribution < 1.29 is 14.3 Å². The third-order valence-electron chi connectivity index (χ3n) is 2.86. The first-order valence-corrected chi connectivity index (χ1v) is 7.45. The second-order valence-corrected chi connectivity index (χ2v) is 5.52. The highest BCUT2D eigenvalue weighted by Gasteiger charge is 2.15. The molecule has 2 aromatic rings. The maximum absolute atomic E-state index is 12.0. The summed E-state index contributed by atoms with van der Waals surface area (Å²) in [6.45, 7) is 1.68. The number of rotatable bonds is 4. The first-order valence-electron chi connectivity index (χ1n) is 6.70. The minimum atomic E-state index is -0.607. The van der Waals surface area contributed by atoms with Crippen molar-refractivity contribution in [3.05, 3.63) is 63.6 Å². The average molecular weight is 353 g/mol. The lowest BCUT2D eigenvalue weighted by Gasteiger charge is -2.10. The Bertz CT molecular complexity index is 715. The SMILES string of the molecule is Cc1cccc(OCC(=O)NNC(=O)c2c(Cl)cccc2Cl)c1. The third kappa shape index (κ3) is 4.87. The number of hydrazine groups is 1. The summed E-state index contributed by atoms with van der Waals surface area (Å²) < 4.78 is 5.32. The van der Waals surface area contributed by atoms with Crippen LogP contribution < -0.4 is 15.6 Å². The summed E-state index contributed by atoms with van der Waals surface area (Å²) in [5, 5.41) is 0.389. The van der Waals surface area contributed by atoms with Gasteiger partial charge in [0.25, 0.3) is 11.8 Å². The molecule has 0 heterocycles. The van der Waals surface area contributed by atoms with Crippen LogP contribution in [0.1, 0.15) is 15.9 Å². The molecule has 0 saturated heterocycles. The number of amides is 2. The van der Waals surface area contributed by atoms with E-state index in [0.29, 0.717) is 5.75 Å². The molecular formula is C16H14Cl2N2O3. The smallest absolute Gasteiger partial charge is 0.276 e. The van der Waals surface area contributed by atoms with Crippen molar-refractivity contribution in [2.24, 2.45) is 0 Å². The van der Waals surface area contributed by atoms with Crippen LogP contribution in [0.3, 0.4) is 0 Å². The van der Waals surface area contributed by atoms with Crippen molar-refractivity contribution in [3.63, 3.8) is 0 Å². The Balaban J connectivity index is 1.86. The van der Waals surface area contributed by atoms with Crippen molar-refractivity contribution >= 4 is 35.0 Å².